The zero-order valence-corrected chi connectivity index (χ0v) is 20.4. The Kier molecular flexibility index (Phi) is 5.92. The van der Waals surface area contributed by atoms with E-state index in [1.807, 2.05) is 6.92 Å². The van der Waals surface area contributed by atoms with Gasteiger partial charge in [-0.15, -0.1) is 0 Å². The molecule has 0 radical (unpaired) electrons. The highest BCUT2D eigenvalue weighted by molar-refractivity contribution is 6.28. The largest absolute Gasteiger partial charge is 0.461 e. The first-order chi connectivity index (χ1) is 17.1. The Bertz CT molecular complexity index is 1240. The van der Waals surface area contributed by atoms with E-state index in [-0.39, 0.29) is 46.0 Å². The molecule has 0 aromatic heterocycles. The number of carbonyl (C=O) groups excluding carboxylic acids is 4. The summed E-state index contributed by atoms with van der Waals surface area (Å²) in [5.74, 6) is -2.09. The fraction of sp³-hybridized carbons (Fsp3) is 0.407. The molecule has 188 valence electrons. The molecule has 5 rings (SSSR count). The molecule has 0 aliphatic carbocycles. The molecule has 1 atom stereocenters. The second-order valence-corrected chi connectivity index (χ2v) is 10.2. The highest BCUT2D eigenvalue weighted by atomic mass is 16.6. The van der Waals surface area contributed by atoms with E-state index in [1.165, 1.54) is 18.2 Å². The Balaban J connectivity index is 1.25. The third kappa shape index (κ3) is 4.08. The monoisotopic (exact) mass is 493 g/mol. The molecular weight excluding hydrogens is 466 g/mol. The molecule has 2 saturated heterocycles. The number of hydrogen-bond acceptors (Lipinski definition) is 8. The SMILES string of the molecule is CCC1(COC(=O)c2ccc3c(c2)C(=O)N(C(=O)Oc2ccc(C4OCC4(C)C)cc2)C3=O)COC1. The van der Waals surface area contributed by atoms with E-state index in [1.54, 1.807) is 24.3 Å². The molecule has 2 aromatic rings. The molecule has 9 heteroatoms. The first-order valence-electron chi connectivity index (χ1n) is 11.9. The molecule has 3 aliphatic heterocycles. The Labute approximate surface area is 208 Å². The molecule has 0 saturated carbocycles. The molecule has 3 heterocycles. The van der Waals surface area contributed by atoms with Gasteiger partial charge in [-0.05, 0) is 42.3 Å². The summed E-state index contributed by atoms with van der Waals surface area (Å²) in [6.07, 6.45) is -0.356. The van der Waals surface area contributed by atoms with Crippen molar-refractivity contribution in [3.8, 4) is 5.75 Å². The molecule has 3 aliphatic rings. The van der Waals surface area contributed by atoms with Crippen LogP contribution in [0.4, 0.5) is 4.79 Å². The lowest BCUT2D eigenvalue weighted by Gasteiger charge is -2.44. The topological polar surface area (TPSA) is 108 Å². The highest BCUT2D eigenvalue weighted by Gasteiger charge is 2.43. The molecule has 0 spiro atoms. The van der Waals surface area contributed by atoms with E-state index >= 15 is 0 Å². The first-order valence-corrected chi connectivity index (χ1v) is 11.9. The van der Waals surface area contributed by atoms with Gasteiger partial charge in [0.2, 0.25) is 0 Å². The minimum Gasteiger partial charge on any atom is -0.461 e. The number of amides is 3. The molecular formula is C27H27NO8. The Hall–Kier alpha value is -3.56. The van der Waals surface area contributed by atoms with E-state index in [0.717, 1.165) is 12.0 Å². The number of nitrogens with zero attached hydrogens (tertiary/aromatic N) is 1. The van der Waals surface area contributed by atoms with Crippen LogP contribution >= 0.6 is 0 Å². The van der Waals surface area contributed by atoms with Gasteiger partial charge in [-0.3, -0.25) is 9.59 Å². The Morgan fingerprint density at radius 3 is 2.25 bits per heavy atom. The molecule has 9 nitrogen and oxygen atoms in total. The molecule has 2 fully saturated rings. The van der Waals surface area contributed by atoms with E-state index in [2.05, 4.69) is 13.8 Å². The van der Waals surface area contributed by atoms with Gasteiger partial charge < -0.3 is 18.9 Å². The van der Waals surface area contributed by atoms with Crippen LogP contribution in [0, 0.1) is 10.8 Å². The van der Waals surface area contributed by atoms with Crippen molar-refractivity contribution in [3.63, 3.8) is 0 Å². The van der Waals surface area contributed by atoms with Crippen LogP contribution < -0.4 is 4.74 Å². The molecule has 2 aromatic carbocycles. The zero-order chi connectivity index (χ0) is 25.7. The van der Waals surface area contributed by atoms with Crippen molar-refractivity contribution in [2.24, 2.45) is 10.8 Å². The van der Waals surface area contributed by atoms with Crippen LogP contribution in [0.2, 0.25) is 0 Å². The average molecular weight is 494 g/mol. The van der Waals surface area contributed by atoms with Crippen LogP contribution in [0.1, 0.15) is 69.9 Å². The van der Waals surface area contributed by atoms with E-state index < -0.39 is 23.9 Å². The number of imide groups is 3. The van der Waals surface area contributed by atoms with E-state index in [4.69, 9.17) is 18.9 Å². The number of rotatable bonds is 6. The minimum atomic E-state index is -1.12. The predicted octanol–water partition coefficient (Wildman–Crippen LogP) is 4.16. The quantitative estimate of drug-likeness (QED) is 0.436. The Morgan fingerprint density at radius 2 is 1.69 bits per heavy atom. The standard InChI is InChI=1S/C27H27NO8/c1-4-27(13-33-14-27)15-35-24(31)17-7-10-19-20(11-17)23(30)28(22(19)29)25(32)36-18-8-5-16(6-9-18)21-26(2,3)12-34-21/h5-11,21H,4,12-15H2,1-3H3. The molecule has 0 N–H and O–H groups in total. The van der Waals surface area contributed by atoms with Crippen molar-refractivity contribution in [1.82, 2.24) is 4.90 Å². The summed E-state index contributed by atoms with van der Waals surface area (Å²) >= 11 is 0. The maximum atomic E-state index is 12.9. The average Bonchev–Trinajstić information content (AvgIpc) is 3.08. The molecule has 36 heavy (non-hydrogen) atoms. The fourth-order valence-corrected chi connectivity index (χ4v) is 4.52. The van der Waals surface area contributed by atoms with Crippen molar-refractivity contribution in [2.45, 2.75) is 33.3 Å². The molecule has 0 bridgehead atoms. The first kappa shape index (κ1) is 24.1. The van der Waals surface area contributed by atoms with Gasteiger partial charge in [0, 0.05) is 5.41 Å². The van der Waals surface area contributed by atoms with Gasteiger partial charge in [0.1, 0.15) is 12.4 Å². The Morgan fingerprint density at radius 1 is 1.00 bits per heavy atom. The lowest BCUT2D eigenvalue weighted by molar-refractivity contribution is -0.172. The number of benzene rings is 2. The van der Waals surface area contributed by atoms with Gasteiger partial charge in [0.15, 0.2) is 0 Å². The second kappa shape index (κ2) is 8.83. The maximum Gasteiger partial charge on any atom is 0.429 e. The number of fused-ring (bicyclic) bond motifs is 1. The van der Waals surface area contributed by atoms with Gasteiger partial charge in [0.25, 0.3) is 11.8 Å². The zero-order valence-electron chi connectivity index (χ0n) is 20.4. The van der Waals surface area contributed by atoms with Gasteiger partial charge in [-0.25, -0.2) is 9.59 Å². The third-order valence-electron chi connectivity index (χ3n) is 7.10. The lowest BCUT2D eigenvalue weighted by atomic mass is 9.79. The van der Waals surface area contributed by atoms with Gasteiger partial charge in [-0.1, -0.05) is 32.9 Å². The van der Waals surface area contributed by atoms with Gasteiger partial charge in [0.05, 0.1) is 48.0 Å². The summed E-state index contributed by atoms with van der Waals surface area (Å²) in [6.45, 7) is 8.14. The second-order valence-electron chi connectivity index (χ2n) is 10.2. The summed E-state index contributed by atoms with van der Waals surface area (Å²) in [5, 5.41) is 0. The van der Waals surface area contributed by atoms with Crippen LogP contribution in [-0.2, 0) is 14.2 Å². The van der Waals surface area contributed by atoms with Crippen LogP contribution in [-0.4, -0.2) is 55.2 Å². The van der Waals surface area contributed by atoms with E-state index in [0.29, 0.717) is 24.7 Å². The van der Waals surface area contributed by atoms with Gasteiger partial charge >= 0.3 is 12.1 Å². The summed E-state index contributed by atoms with van der Waals surface area (Å²) in [5.41, 5.74) is 0.869. The van der Waals surface area contributed by atoms with Crippen LogP contribution in [0.5, 0.6) is 5.75 Å². The van der Waals surface area contributed by atoms with Crippen LogP contribution in [0.25, 0.3) is 0 Å². The minimum absolute atomic E-state index is 0.0191. The normalized spacial score (nSPS) is 21.3. The summed E-state index contributed by atoms with van der Waals surface area (Å²) in [7, 11) is 0. The third-order valence-corrected chi connectivity index (χ3v) is 7.10. The number of hydrogen-bond donors (Lipinski definition) is 0. The van der Waals surface area contributed by atoms with Crippen molar-refractivity contribution < 1.29 is 38.1 Å². The van der Waals surface area contributed by atoms with Crippen molar-refractivity contribution in [2.75, 3.05) is 26.4 Å². The summed E-state index contributed by atoms with van der Waals surface area (Å²) in [6, 6.07) is 10.8. The fourth-order valence-electron chi connectivity index (χ4n) is 4.52. The van der Waals surface area contributed by atoms with Crippen molar-refractivity contribution >= 4 is 23.9 Å². The highest BCUT2D eigenvalue weighted by Crippen LogP contribution is 2.45. The number of esters is 1. The molecule has 3 amide bonds. The number of carbonyl (C=O) groups is 4. The lowest BCUT2D eigenvalue weighted by Crippen LogP contribution is -2.46. The summed E-state index contributed by atoms with van der Waals surface area (Å²) in [4.78, 5) is 51.4. The van der Waals surface area contributed by atoms with Crippen LogP contribution in [0.3, 0.4) is 0 Å². The predicted molar refractivity (Wildman–Crippen MR) is 126 cm³/mol. The van der Waals surface area contributed by atoms with E-state index in [9.17, 15) is 19.2 Å². The maximum absolute atomic E-state index is 12.9. The summed E-state index contributed by atoms with van der Waals surface area (Å²) < 4.78 is 21.6. The smallest absolute Gasteiger partial charge is 0.429 e. The van der Waals surface area contributed by atoms with Crippen molar-refractivity contribution in [3.05, 3.63) is 64.7 Å². The number of ether oxygens (including phenoxy) is 4. The van der Waals surface area contributed by atoms with Crippen molar-refractivity contribution in [1.29, 1.82) is 0 Å². The van der Waals surface area contributed by atoms with Crippen LogP contribution in [0.15, 0.2) is 42.5 Å². The van der Waals surface area contributed by atoms with Gasteiger partial charge in [-0.2, -0.15) is 4.90 Å². The molecule has 1 unspecified atom stereocenters.